The van der Waals surface area contributed by atoms with Gasteiger partial charge in [-0.15, -0.1) is 0 Å². The number of carboxylic acid groups (broad SMARTS) is 1. The quantitative estimate of drug-likeness (QED) is 0.931. The summed E-state index contributed by atoms with van der Waals surface area (Å²) >= 11 is 0. The number of hydrogen-bond acceptors (Lipinski definition) is 3. The first-order valence-electron chi connectivity index (χ1n) is 7.54. The zero-order valence-corrected chi connectivity index (χ0v) is 12.2. The van der Waals surface area contributed by atoms with Gasteiger partial charge in [-0.1, -0.05) is 6.07 Å². The zero-order valence-electron chi connectivity index (χ0n) is 12.2. The van der Waals surface area contributed by atoms with Crippen molar-refractivity contribution in [1.82, 2.24) is 4.90 Å². The number of halogens is 2. The van der Waals surface area contributed by atoms with E-state index in [0.717, 1.165) is 6.07 Å². The molecular formula is C16H19F2NO3. The summed E-state index contributed by atoms with van der Waals surface area (Å²) in [5.74, 6) is -2.42. The maximum absolute atomic E-state index is 14.4. The summed E-state index contributed by atoms with van der Waals surface area (Å²) in [4.78, 5) is 13.3. The number of rotatable bonds is 3. The Balaban J connectivity index is 1.96. The van der Waals surface area contributed by atoms with Gasteiger partial charge >= 0.3 is 5.97 Å². The van der Waals surface area contributed by atoms with E-state index in [1.165, 1.54) is 12.1 Å². The zero-order chi connectivity index (χ0) is 15.7. The molecule has 2 aliphatic rings. The Hall–Kier alpha value is -1.53. The number of aliphatic carboxylic acids is 1. The molecule has 0 aromatic heterocycles. The standard InChI is InChI=1S/C16H19F2NO3/c17-12-1-2-13(14(18)9-12)16(4-7-22-8-5-16)19-6-3-11(10-19)15(20)21/h1-2,9,11H,3-8,10H2,(H,20,21). The number of likely N-dealkylation sites (tertiary alicyclic amines) is 1. The van der Waals surface area contributed by atoms with Gasteiger partial charge in [-0.3, -0.25) is 9.69 Å². The van der Waals surface area contributed by atoms with E-state index in [4.69, 9.17) is 4.74 Å². The summed E-state index contributed by atoms with van der Waals surface area (Å²) in [6.07, 6.45) is 1.73. The van der Waals surface area contributed by atoms with Gasteiger partial charge in [-0.2, -0.15) is 0 Å². The Morgan fingerprint density at radius 2 is 2.05 bits per heavy atom. The van der Waals surface area contributed by atoms with Crippen LogP contribution in [-0.4, -0.2) is 42.3 Å². The van der Waals surface area contributed by atoms with Crippen LogP contribution >= 0.6 is 0 Å². The minimum atomic E-state index is -0.815. The minimum absolute atomic E-state index is 0.395. The van der Waals surface area contributed by atoms with Crippen LogP contribution in [0.25, 0.3) is 0 Å². The van der Waals surface area contributed by atoms with Crippen molar-refractivity contribution in [2.75, 3.05) is 26.3 Å². The van der Waals surface area contributed by atoms with Crippen molar-refractivity contribution in [3.8, 4) is 0 Å². The average Bonchev–Trinajstić information content (AvgIpc) is 2.98. The summed E-state index contributed by atoms with van der Waals surface area (Å²) in [5, 5.41) is 9.20. The minimum Gasteiger partial charge on any atom is -0.481 e. The second-order valence-corrected chi connectivity index (χ2v) is 6.04. The number of carboxylic acids is 1. The fourth-order valence-corrected chi connectivity index (χ4v) is 3.68. The number of nitrogens with zero attached hydrogens (tertiary/aromatic N) is 1. The average molecular weight is 311 g/mol. The molecule has 1 aromatic rings. The molecule has 0 saturated carbocycles. The maximum atomic E-state index is 14.4. The third-order valence-electron chi connectivity index (χ3n) is 4.90. The molecule has 1 aromatic carbocycles. The molecule has 4 nitrogen and oxygen atoms in total. The van der Waals surface area contributed by atoms with E-state index in [2.05, 4.69) is 0 Å². The third kappa shape index (κ3) is 2.61. The van der Waals surface area contributed by atoms with E-state index in [1.807, 2.05) is 4.90 Å². The Morgan fingerprint density at radius 3 is 2.64 bits per heavy atom. The molecule has 1 N–H and O–H groups in total. The highest BCUT2D eigenvalue weighted by Crippen LogP contribution is 2.42. The lowest BCUT2D eigenvalue weighted by Gasteiger charge is -2.45. The second kappa shape index (κ2) is 5.93. The van der Waals surface area contributed by atoms with Gasteiger partial charge in [0.2, 0.25) is 0 Å². The van der Waals surface area contributed by atoms with Gasteiger partial charge in [0, 0.05) is 31.4 Å². The van der Waals surface area contributed by atoms with Gasteiger partial charge in [0.15, 0.2) is 0 Å². The van der Waals surface area contributed by atoms with Crippen LogP contribution in [0.1, 0.15) is 24.8 Å². The van der Waals surface area contributed by atoms with E-state index < -0.39 is 29.1 Å². The van der Waals surface area contributed by atoms with Crippen molar-refractivity contribution in [2.24, 2.45) is 5.92 Å². The van der Waals surface area contributed by atoms with Crippen LogP contribution in [0.4, 0.5) is 8.78 Å². The van der Waals surface area contributed by atoms with E-state index in [9.17, 15) is 18.7 Å². The van der Waals surface area contributed by atoms with Crippen LogP contribution < -0.4 is 0 Å². The Morgan fingerprint density at radius 1 is 1.32 bits per heavy atom. The van der Waals surface area contributed by atoms with Gasteiger partial charge in [-0.25, -0.2) is 8.78 Å². The molecule has 6 heteroatoms. The lowest BCUT2D eigenvalue weighted by Crippen LogP contribution is -2.49. The van der Waals surface area contributed by atoms with Crippen molar-refractivity contribution in [3.05, 3.63) is 35.4 Å². The molecule has 3 rings (SSSR count). The van der Waals surface area contributed by atoms with Crippen molar-refractivity contribution in [3.63, 3.8) is 0 Å². The van der Waals surface area contributed by atoms with E-state index in [0.29, 0.717) is 51.1 Å². The molecule has 1 unspecified atom stereocenters. The van der Waals surface area contributed by atoms with Crippen LogP contribution in [0.2, 0.25) is 0 Å². The molecule has 2 fully saturated rings. The van der Waals surface area contributed by atoms with Gasteiger partial charge < -0.3 is 9.84 Å². The topological polar surface area (TPSA) is 49.8 Å². The fourth-order valence-electron chi connectivity index (χ4n) is 3.68. The Kier molecular flexibility index (Phi) is 4.14. The summed E-state index contributed by atoms with van der Waals surface area (Å²) < 4.78 is 33.0. The molecule has 0 bridgehead atoms. The molecule has 0 amide bonds. The summed E-state index contributed by atoms with van der Waals surface area (Å²) in [6.45, 7) is 1.98. The highest BCUT2D eigenvalue weighted by atomic mass is 19.1. The predicted molar refractivity (Wildman–Crippen MR) is 75.4 cm³/mol. The first-order valence-corrected chi connectivity index (χ1v) is 7.54. The number of hydrogen-bond donors (Lipinski definition) is 1. The largest absolute Gasteiger partial charge is 0.481 e. The van der Waals surface area contributed by atoms with Crippen LogP contribution in [-0.2, 0) is 15.1 Å². The van der Waals surface area contributed by atoms with Gasteiger partial charge in [0.25, 0.3) is 0 Å². The van der Waals surface area contributed by atoms with Crippen LogP contribution in [0.15, 0.2) is 18.2 Å². The van der Waals surface area contributed by atoms with E-state index >= 15 is 0 Å². The van der Waals surface area contributed by atoms with Crippen LogP contribution in [0.3, 0.4) is 0 Å². The third-order valence-corrected chi connectivity index (χ3v) is 4.90. The SMILES string of the molecule is O=C(O)C1CCN(C2(c3ccc(F)cc3F)CCOCC2)C1. The monoisotopic (exact) mass is 311 g/mol. The van der Waals surface area contributed by atoms with E-state index in [-0.39, 0.29) is 0 Å². The first kappa shape index (κ1) is 15.4. The Labute approximate surface area is 127 Å². The fraction of sp³-hybridized carbons (Fsp3) is 0.562. The number of benzene rings is 1. The van der Waals surface area contributed by atoms with Gasteiger partial charge in [-0.05, 0) is 31.9 Å². The smallest absolute Gasteiger partial charge is 0.307 e. The second-order valence-electron chi connectivity index (χ2n) is 6.04. The highest BCUT2D eigenvalue weighted by Gasteiger charge is 2.45. The van der Waals surface area contributed by atoms with Crippen LogP contribution in [0.5, 0.6) is 0 Å². The molecule has 2 aliphatic heterocycles. The lowest BCUT2D eigenvalue weighted by atomic mass is 9.80. The molecule has 0 spiro atoms. The van der Waals surface area contributed by atoms with Crippen molar-refractivity contribution in [1.29, 1.82) is 0 Å². The number of ether oxygens (including phenoxy) is 1. The molecule has 1 atom stereocenters. The number of carbonyl (C=O) groups is 1. The molecule has 0 radical (unpaired) electrons. The van der Waals surface area contributed by atoms with Gasteiger partial charge in [0.05, 0.1) is 11.5 Å². The molecule has 2 saturated heterocycles. The molecule has 0 aliphatic carbocycles. The summed E-state index contributed by atoms with van der Waals surface area (Å²) in [6, 6.07) is 3.65. The van der Waals surface area contributed by atoms with E-state index in [1.54, 1.807) is 0 Å². The van der Waals surface area contributed by atoms with Crippen molar-refractivity contribution < 1.29 is 23.4 Å². The first-order chi connectivity index (χ1) is 10.5. The summed E-state index contributed by atoms with van der Waals surface area (Å²) in [7, 11) is 0. The van der Waals surface area contributed by atoms with Crippen LogP contribution in [0, 0.1) is 17.6 Å². The normalized spacial score (nSPS) is 25.3. The van der Waals surface area contributed by atoms with Crippen molar-refractivity contribution >= 4 is 5.97 Å². The summed E-state index contributed by atoms with van der Waals surface area (Å²) in [5.41, 5.74) is -0.150. The van der Waals surface area contributed by atoms with Gasteiger partial charge in [0.1, 0.15) is 11.6 Å². The molecule has 120 valence electrons. The molecule has 22 heavy (non-hydrogen) atoms. The predicted octanol–water partition coefficient (Wildman–Crippen LogP) is 2.38. The maximum Gasteiger partial charge on any atom is 0.307 e. The van der Waals surface area contributed by atoms with Crippen molar-refractivity contribution in [2.45, 2.75) is 24.8 Å². The highest BCUT2D eigenvalue weighted by molar-refractivity contribution is 5.70. The lowest BCUT2D eigenvalue weighted by molar-refractivity contribution is -0.141. The molecule has 2 heterocycles. The molecular weight excluding hydrogens is 292 g/mol. The Bertz CT molecular complexity index is 573.